The van der Waals surface area contributed by atoms with Gasteiger partial charge in [-0.25, -0.2) is 0 Å². The smallest absolute Gasteiger partial charge is 0.261 e. The monoisotopic (exact) mass is 422 g/mol. The zero-order chi connectivity index (χ0) is 21.3. The summed E-state index contributed by atoms with van der Waals surface area (Å²) in [5.74, 6) is -0.178. The summed E-state index contributed by atoms with van der Waals surface area (Å²) in [6, 6.07) is 24.9. The van der Waals surface area contributed by atoms with Crippen molar-refractivity contribution < 1.29 is 14.3 Å². The van der Waals surface area contributed by atoms with E-state index in [2.05, 4.69) is 5.32 Å². The van der Waals surface area contributed by atoms with Crippen LogP contribution in [0.2, 0.25) is 5.02 Å². The van der Waals surface area contributed by atoms with Crippen LogP contribution >= 0.6 is 11.6 Å². The third-order valence-corrected chi connectivity index (χ3v) is 4.94. The summed E-state index contributed by atoms with van der Waals surface area (Å²) in [6.07, 6.45) is 0. The molecule has 1 N–H and O–H groups in total. The fourth-order valence-corrected chi connectivity index (χ4v) is 3.32. The highest BCUT2D eigenvalue weighted by Gasteiger charge is 2.31. The molecule has 2 amide bonds. The van der Waals surface area contributed by atoms with E-state index in [1.54, 1.807) is 31.3 Å². The quantitative estimate of drug-likeness (QED) is 0.590. The number of nitrogens with one attached hydrogen (secondary N) is 1. The van der Waals surface area contributed by atoms with Crippen LogP contribution in [0.1, 0.15) is 17.2 Å². The van der Waals surface area contributed by atoms with Crippen molar-refractivity contribution in [1.82, 2.24) is 10.2 Å². The molecule has 0 unspecified atom stereocenters. The second kappa shape index (κ2) is 10.5. The Morgan fingerprint density at radius 3 is 2.17 bits per heavy atom. The molecular formula is C24H23ClN2O3. The topological polar surface area (TPSA) is 58.6 Å². The maximum Gasteiger partial charge on any atom is 0.261 e. The van der Waals surface area contributed by atoms with Gasteiger partial charge in [0.15, 0.2) is 6.61 Å². The van der Waals surface area contributed by atoms with Gasteiger partial charge in [-0.15, -0.1) is 0 Å². The van der Waals surface area contributed by atoms with E-state index in [-0.39, 0.29) is 25.0 Å². The summed E-state index contributed by atoms with van der Waals surface area (Å²) < 4.78 is 5.66. The molecule has 0 radical (unpaired) electrons. The van der Waals surface area contributed by atoms with E-state index in [4.69, 9.17) is 16.3 Å². The normalized spacial score (nSPS) is 11.4. The Labute approximate surface area is 181 Å². The molecule has 0 heterocycles. The summed E-state index contributed by atoms with van der Waals surface area (Å²) in [7, 11) is 1.56. The van der Waals surface area contributed by atoms with Gasteiger partial charge in [0.2, 0.25) is 5.91 Å². The zero-order valence-electron chi connectivity index (χ0n) is 16.6. The predicted molar refractivity (Wildman–Crippen MR) is 117 cm³/mol. The lowest BCUT2D eigenvalue weighted by atomic mass is 10.0. The largest absolute Gasteiger partial charge is 0.482 e. The molecule has 0 aliphatic rings. The first kappa shape index (κ1) is 21.4. The fourth-order valence-electron chi connectivity index (χ4n) is 3.13. The molecule has 0 spiro atoms. The van der Waals surface area contributed by atoms with Crippen LogP contribution in [0.4, 0.5) is 0 Å². The Bertz CT molecular complexity index is 980. The van der Waals surface area contributed by atoms with Gasteiger partial charge in [0.1, 0.15) is 11.8 Å². The minimum Gasteiger partial charge on any atom is -0.482 e. The van der Waals surface area contributed by atoms with Crippen molar-refractivity contribution >= 4 is 23.4 Å². The average Bonchev–Trinajstić information content (AvgIpc) is 2.79. The predicted octanol–water partition coefficient (Wildman–Crippen LogP) is 4.23. The number of carbonyl (C=O) groups is 2. The number of nitrogens with zero attached hydrogens (tertiary/aromatic N) is 1. The molecule has 0 fully saturated rings. The van der Waals surface area contributed by atoms with E-state index in [0.717, 1.165) is 11.1 Å². The van der Waals surface area contributed by atoms with Crippen molar-refractivity contribution in [2.45, 2.75) is 12.6 Å². The second-order valence-corrected chi connectivity index (χ2v) is 7.06. The van der Waals surface area contributed by atoms with E-state index in [0.29, 0.717) is 10.8 Å². The summed E-state index contributed by atoms with van der Waals surface area (Å²) in [4.78, 5) is 27.6. The lowest BCUT2D eigenvalue weighted by Gasteiger charge is -2.31. The number of amides is 2. The molecule has 3 aromatic carbocycles. The van der Waals surface area contributed by atoms with E-state index in [1.807, 2.05) is 60.7 Å². The molecule has 3 aromatic rings. The third-order valence-electron chi connectivity index (χ3n) is 4.63. The highest BCUT2D eigenvalue weighted by atomic mass is 35.5. The third kappa shape index (κ3) is 5.39. The lowest BCUT2D eigenvalue weighted by Crippen LogP contribution is -2.44. The standard InChI is InChI=1S/C24H23ClN2O3/c1-26-24(29)23(19-12-6-3-7-13-19)27(16-18-10-4-2-5-11-18)22(28)17-30-21-15-9-8-14-20(21)25/h2-15,23H,16-17H2,1H3,(H,26,29)/t23-/m1/s1. The molecule has 0 bridgehead atoms. The Kier molecular flexibility index (Phi) is 7.46. The van der Waals surface area contributed by atoms with Gasteiger partial charge in [0.25, 0.3) is 5.91 Å². The van der Waals surface area contributed by atoms with Gasteiger partial charge < -0.3 is 15.0 Å². The molecule has 0 saturated heterocycles. The number of para-hydroxylation sites is 1. The molecule has 30 heavy (non-hydrogen) atoms. The highest BCUT2D eigenvalue weighted by molar-refractivity contribution is 6.32. The van der Waals surface area contributed by atoms with Gasteiger partial charge in [-0.05, 0) is 23.3 Å². The van der Waals surface area contributed by atoms with Crippen LogP contribution in [0.25, 0.3) is 0 Å². The van der Waals surface area contributed by atoms with Gasteiger partial charge in [-0.1, -0.05) is 84.4 Å². The summed E-state index contributed by atoms with van der Waals surface area (Å²) in [6.45, 7) is 0.0232. The molecule has 6 heteroatoms. The number of ether oxygens (including phenoxy) is 1. The van der Waals surface area contributed by atoms with Crippen molar-refractivity contribution in [3.63, 3.8) is 0 Å². The molecular weight excluding hydrogens is 400 g/mol. The van der Waals surface area contributed by atoms with E-state index in [9.17, 15) is 9.59 Å². The van der Waals surface area contributed by atoms with Crippen molar-refractivity contribution in [1.29, 1.82) is 0 Å². The molecule has 154 valence electrons. The van der Waals surface area contributed by atoms with Crippen LogP contribution in [-0.4, -0.2) is 30.4 Å². The van der Waals surface area contributed by atoms with Gasteiger partial charge in [0, 0.05) is 13.6 Å². The van der Waals surface area contributed by atoms with Gasteiger partial charge >= 0.3 is 0 Å². The van der Waals surface area contributed by atoms with Crippen LogP contribution in [0, 0.1) is 0 Å². The van der Waals surface area contributed by atoms with Crippen molar-refractivity contribution in [3.8, 4) is 5.75 Å². The van der Waals surface area contributed by atoms with E-state index < -0.39 is 6.04 Å². The minimum absolute atomic E-state index is 0.239. The van der Waals surface area contributed by atoms with Crippen LogP contribution in [0.15, 0.2) is 84.9 Å². The Balaban J connectivity index is 1.90. The Morgan fingerprint density at radius 1 is 0.933 bits per heavy atom. The second-order valence-electron chi connectivity index (χ2n) is 6.65. The first-order valence-electron chi connectivity index (χ1n) is 9.57. The Morgan fingerprint density at radius 2 is 1.53 bits per heavy atom. The number of rotatable bonds is 8. The minimum atomic E-state index is -0.793. The van der Waals surface area contributed by atoms with Gasteiger partial charge in [-0.3, -0.25) is 9.59 Å². The average molecular weight is 423 g/mol. The lowest BCUT2D eigenvalue weighted by molar-refractivity contribution is -0.143. The number of hydrogen-bond acceptors (Lipinski definition) is 3. The molecule has 0 aliphatic carbocycles. The van der Waals surface area contributed by atoms with Crippen LogP contribution in [0.3, 0.4) is 0 Å². The number of hydrogen-bond donors (Lipinski definition) is 1. The molecule has 0 aliphatic heterocycles. The maximum atomic E-state index is 13.2. The van der Waals surface area contributed by atoms with Gasteiger partial charge in [-0.2, -0.15) is 0 Å². The zero-order valence-corrected chi connectivity index (χ0v) is 17.4. The molecule has 1 atom stereocenters. The van der Waals surface area contributed by atoms with Crippen LogP contribution < -0.4 is 10.1 Å². The van der Waals surface area contributed by atoms with E-state index in [1.165, 1.54) is 4.90 Å². The number of benzene rings is 3. The summed E-state index contributed by atoms with van der Waals surface area (Å²) in [5, 5.41) is 3.09. The molecule has 3 rings (SSSR count). The van der Waals surface area contributed by atoms with E-state index >= 15 is 0 Å². The summed E-state index contributed by atoms with van der Waals surface area (Å²) >= 11 is 6.13. The Hall–Kier alpha value is -3.31. The molecule has 5 nitrogen and oxygen atoms in total. The van der Waals surface area contributed by atoms with Crippen LogP contribution in [-0.2, 0) is 16.1 Å². The van der Waals surface area contributed by atoms with Crippen LogP contribution in [0.5, 0.6) is 5.75 Å². The fraction of sp³-hybridized carbons (Fsp3) is 0.167. The molecule has 0 aromatic heterocycles. The van der Waals surface area contributed by atoms with Gasteiger partial charge in [0.05, 0.1) is 5.02 Å². The number of halogens is 1. The number of likely N-dealkylation sites (N-methyl/N-ethyl adjacent to an activating group) is 1. The van der Waals surface area contributed by atoms with Crippen molar-refractivity contribution in [3.05, 3.63) is 101 Å². The highest BCUT2D eigenvalue weighted by Crippen LogP contribution is 2.26. The van der Waals surface area contributed by atoms with Crippen molar-refractivity contribution in [2.24, 2.45) is 0 Å². The molecule has 0 saturated carbocycles. The maximum absolute atomic E-state index is 13.2. The first-order valence-corrected chi connectivity index (χ1v) is 9.95. The first-order chi connectivity index (χ1) is 14.6. The summed E-state index contributed by atoms with van der Waals surface area (Å²) in [5.41, 5.74) is 1.63. The number of carbonyl (C=O) groups excluding carboxylic acids is 2. The van der Waals surface area contributed by atoms with Crippen molar-refractivity contribution in [2.75, 3.05) is 13.7 Å². The SMILES string of the molecule is CNC(=O)[C@@H](c1ccccc1)N(Cc1ccccc1)C(=O)COc1ccccc1Cl.